The Morgan fingerprint density at radius 3 is 2.86 bits per heavy atom. The molecule has 1 heterocycles. The predicted octanol–water partition coefficient (Wildman–Crippen LogP) is 2.70. The molecule has 1 aliphatic heterocycles. The van der Waals surface area contributed by atoms with Gasteiger partial charge in [-0.1, -0.05) is 30.5 Å². The van der Waals surface area contributed by atoms with Gasteiger partial charge in [0.1, 0.15) is 6.04 Å². The molecule has 2 aliphatic rings. The summed E-state index contributed by atoms with van der Waals surface area (Å²) >= 11 is 6.02. The SMILES string of the molecule is NC(=O)C1C[C@]2(C[CH]CCC2)C(=O)N1c1cccc(Cl)c1. The van der Waals surface area contributed by atoms with Gasteiger partial charge in [-0.05, 0) is 43.9 Å². The van der Waals surface area contributed by atoms with Crippen LogP contribution < -0.4 is 10.6 Å². The summed E-state index contributed by atoms with van der Waals surface area (Å²) in [5, 5.41) is 0.541. The molecule has 0 aromatic heterocycles. The third-order valence-corrected chi connectivity index (χ3v) is 4.82. The number of anilines is 1. The van der Waals surface area contributed by atoms with Crippen molar-refractivity contribution in [2.24, 2.45) is 11.1 Å². The minimum absolute atomic E-state index is 0.00418. The zero-order valence-electron chi connectivity index (χ0n) is 11.7. The lowest BCUT2D eigenvalue weighted by Crippen LogP contribution is -2.43. The van der Waals surface area contributed by atoms with Gasteiger partial charge in [-0.3, -0.25) is 14.5 Å². The Balaban J connectivity index is 2.00. The maximum Gasteiger partial charge on any atom is 0.240 e. The number of benzene rings is 1. The smallest absolute Gasteiger partial charge is 0.240 e. The number of primary amides is 1. The van der Waals surface area contributed by atoms with Gasteiger partial charge in [-0.2, -0.15) is 0 Å². The molecule has 1 aliphatic carbocycles. The Hall–Kier alpha value is -1.55. The number of carbonyl (C=O) groups is 2. The molecule has 1 saturated heterocycles. The average molecular weight is 306 g/mol. The number of hydrogen-bond donors (Lipinski definition) is 1. The Morgan fingerprint density at radius 2 is 2.24 bits per heavy atom. The predicted molar refractivity (Wildman–Crippen MR) is 81.7 cm³/mol. The summed E-state index contributed by atoms with van der Waals surface area (Å²) in [6.45, 7) is 0. The molecule has 1 radical (unpaired) electrons. The molecule has 2 N–H and O–H groups in total. The van der Waals surface area contributed by atoms with Crippen LogP contribution in [0, 0.1) is 11.8 Å². The summed E-state index contributed by atoms with van der Waals surface area (Å²) in [6, 6.07) is 6.45. The second-order valence-corrected chi connectivity index (χ2v) is 6.38. The van der Waals surface area contributed by atoms with Crippen molar-refractivity contribution in [1.82, 2.24) is 0 Å². The van der Waals surface area contributed by atoms with Crippen LogP contribution >= 0.6 is 11.6 Å². The summed E-state index contributed by atoms with van der Waals surface area (Å²) in [4.78, 5) is 26.3. The van der Waals surface area contributed by atoms with E-state index < -0.39 is 17.4 Å². The Bertz CT molecular complexity index is 581. The van der Waals surface area contributed by atoms with E-state index in [2.05, 4.69) is 6.42 Å². The highest BCUT2D eigenvalue weighted by Gasteiger charge is 2.53. The summed E-state index contributed by atoms with van der Waals surface area (Å²) in [7, 11) is 0. The van der Waals surface area contributed by atoms with Gasteiger partial charge in [-0.15, -0.1) is 0 Å². The molecule has 2 fully saturated rings. The number of carbonyl (C=O) groups excluding carboxylic acids is 2. The summed E-state index contributed by atoms with van der Waals surface area (Å²) in [5.74, 6) is -0.449. The molecular formula is C16H18ClN2O2. The van der Waals surface area contributed by atoms with Crippen LogP contribution in [-0.2, 0) is 9.59 Å². The molecule has 5 heteroatoms. The van der Waals surface area contributed by atoms with E-state index in [1.807, 2.05) is 0 Å². The summed E-state index contributed by atoms with van der Waals surface area (Å²) < 4.78 is 0. The molecule has 0 bridgehead atoms. The van der Waals surface area contributed by atoms with Crippen LogP contribution in [0.4, 0.5) is 5.69 Å². The lowest BCUT2D eigenvalue weighted by molar-refractivity contribution is -0.126. The van der Waals surface area contributed by atoms with E-state index in [0.29, 0.717) is 17.1 Å². The van der Waals surface area contributed by atoms with Gasteiger partial charge < -0.3 is 5.73 Å². The Kier molecular flexibility index (Phi) is 3.66. The van der Waals surface area contributed by atoms with Crippen molar-refractivity contribution in [2.75, 3.05) is 4.90 Å². The van der Waals surface area contributed by atoms with Crippen molar-refractivity contribution in [1.29, 1.82) is 0 Å². The Labute approximate surface area is 129 Å². The second-order valence-electron chi connectivity index (χ2n) is 5.94. The molecule has 1 unspecified atom stereocenters. The van der Waals surface area contributed by atoms with Gasteiger partial charge in [0.25, 0.3) is 0 Å². The topological polar surface area (TPSA) is 63.4 Å². The van der Waals surface area contributed by atoms with Crippen LogP contribution in [0.25, 0.3) is 0 Å². The van der Waals surface area contributed by atoms with Crippen molar-refractivity contribution in [2.45, 2.75) is 38.1 Å². The molecule has 21 heavy (non-hydrogen) atoms. The van der Waals surface area contributed by atoms with Crippen LogP contribution in [0.3, 0.4) is 0 Å². The van der Waals surface area contributed by atoms with Crippen molar-refractivity contribution in [3.63, 3.8) is 0 Å². The van der Waals surface area contributed by atoms with E-state index in [1.54, 1.807) is 29.2 Å². The molecule has 4 nitrogen and oxygen atoms in total. The largest absolute Gasteiger partial charge is 0.368 e. The van der Waals surface area contributed by atoms with Crippen molar-refractivity contribution < 1.29 is 9.59 Å². The molecule has 1 saturated carbocycles. The van der Waals surface area contributed by atoms with Crippen LogP contribution in [0.15, 0.2) is 24.3 Å². The molecule has 1 aromatic rings. The van der Waals surface area contributed by atoms with Crippen molar-refractivity contribution in [3.8, 4) is 0 Å². The highest BCUT2D eigenvalue weighted by Crippen LogP contribution is 2.48. The van der Waals surface area contributed by atoms with Crippen molar-refractivity contribution in [3.05, 3.63) is 35.7 Å². The molecular weight excluding hydrogens is 288 g/mol. The zero-order valence-corrected chi connectivity index (χ0v) is 12.5. The lowest BCUT2D eigenvalue weighted by Gasteiger charge is -2.31. The lowest BCUT2D eigenvalue weighted by atomic mass is 9.72. The summed E-state index contributed by atoms with van der Waals surface area (Å²) in [5.41, 5.74) is 5.73. The molecule has 1 aromatic carbocycles. The summed E-state index contributed by atoms with van der Waals surface area (Å²) in [6.07, 6.45) is 6.23. The van der Waals surface area contributed by atoms with E-state index in [9.17, 15) is 9.59 Å². The van der Waals surface area contributed by atoms with Crippen LogP contribution in [0.1, 0.15) is 32.1 Å². The van der Waals surface area contributed by atoms with E-state index >= 15 is 0 Å². The Morgan fingerprint density at radius 1 is 1.43 bits per heavy atom. The minimum Gasteiger partial charge on any atom is -0.368 e. The minimum atomic E-state index is -0.581. The molecule has 1 spiro atoms. The fourth-order valence-electron chi connectivity index (χ4n) is 3.54. The molecule has 3 rings (SSSR count). The van der Waals surface area contributed by atoms with Crippen LogP contribution in [-0.4, -0.2) is 17.9 Å². The number of hydrogen-bond acceptors (Lipinski definition) is 2. The number of rotatable bonds is 2. The van der Waals surface area contributed by atoms with Crippen LogP contribution in [0.2, 0.25) is 5.02 Å². The number of halogens is 1. The van der Waals surface area contributed by atoms with Gasteiger partial charge in [0.15, 0.2) is 0 Å². The standard InChI is InChI=1S/C16H18ClN2O2/c17-11-5-4-6-12(9-11)19-13(14(18)20)10-16(15(19)21)7-2-1-3-8-16/h2,4-6,9,13H,1,3,7-8,10H2,(H2,18,20)/t13?,16-/m1/s1. The monoisotopic (exact) mass is 305 g/mol. The third kappa shape index (κ3) is 2.42. The van der Waals surface area contributed by atoms with E-state index in [4.69, 9.17) is 17.3 Å². The van der Waals surface area contributed by atoms with E-state index in [0.717, 1.165) is 25.7 Å². The van der Waals surface area contributed by atoms with Crippen molar-refractivity contribution >= 4 is 29.1 Å². The van der Waals surface area contributed by atoms with Crippen LogP contribution in [0.5, 0.6) is 0 Å². The van der Waals surface area contributed by atoms with Gasteiger partial charge >= 0.3 is 0 Å². The maximum absolute atomic E-state index is 13.0. The first kappa shape index (κ1) is 14.4. The van der Waals surface area contributed by atoms with E-state index in [-0.39, 0.29) is 5.91 Å². The number of nitrogens with zero attached hydrogens (tertiary/aromatic N) is 1. The maximum atomic E-state index is 13.0. The van der Waals surface area contributed by atoms with Gasteiger partial charge in [0.05, 0.1) is 5.41 Å². The first-order valence-electron chi connectivity index (χ1n) is 7.24. The highest BCUT2D eigenvalue weighted by atomic mass is 35.5. The number of amides is 2. The first-order valence-corrected chi connectivity index (χ1v) is 7.61. The quantitative estimate of drug-likeness (QED) is 0.913. The highest BCUT2D eigenvalue weighted by molar-refractivity contribution is 6.31. The fraction of sp³-hybridized carbons (Fsp3) is 0.438. The zero-order chi connectivity index (χ0) is 15.0. The molecule has 2 amide bonds. The first-order chi connectivity index (χ1) is 10.0. The molecule has 111 valence electrons. The fourth-order valence-corrected chi connectivity index (χ4v) is 3.73. The number of nitrogens with two attached hydrogens (primary N) is 1. The molecule has 2 atom stereocenters. The second kappa shape index (κ2) is 5.34. The normalized spacial score (nSPS) is 24.5. The van der Waals surface area contributed by atoms with E-state index in [1.165, 1.54) is 0 Å². The van der Waals surface area contributed by atoms with Gasteiger partial charge in [-0.25, -0.2) is 0 Å². The van der Waals surface area contributed by atoms with Gasteiger partial charge in [0, 0.05) is 10.7 Å². The van der Waals surface area contributed by atoms with Gasteiger partial charge in [0.2, 0.25) is 11.8 Å². The average Bonchev–Trinajstić information content (AvgIpc) is 2.74. The third-order valence-electron chi connectivity index (χ3n) is 4.58.